The highest BCUT2D eigenvalue weighted by Gasteiger charge is 2.30. The number of anilines is 1. The van der Waals surface area contributed by atoms with Crippen molar-refractivity contribution < 1.29 is 32.2 Å². The topological polar surface area (TPSA) is 77.5 Å². The van der Waals surface area contributed by atoms with Crippen molar-refractivity contribution in [3.63, 3.8) is 0 Å². The Morgan fingerprint density at radius 3 is 2.47 bits per heavy atom. The van der Waals surface area contributed by atoms with Gasteiger partial charge in [0, 0.05) is 11.9 Å². The molecule has 0 unspecified atom stereocenters. The van der Waals surface area contributed by atoms with E-state index in [4.69, 9.17) is 9.47 Å². The summed E-state index contributed by atoms with van der Waals surface area (Å²) in [6.07, 6.45) is -3.14. The SMILES string of the molecule is O=C(OCc1ccccc1)Oc1cncc(C(=O)Nc2cccc(C(F)(F)F)c2)c1. The third kappa shape index (κ3) is 5.81. The first-order chi connectivity index (χ1) is 14.3. The Bertz CT molecular complexity index is 1040. The summed E-state index contributed by atoms with van der Waals surface area (Å²) in [5, 5.41) is 2.35. The maximum atomic E-state index is 12.8. The van der Waals surface area contributed by atoms with Crippen LogP contribution in [0.25, 0.3) is 0 Å². The van der Waals surface area contributed by atoms with Gasteiger partial charge in [0.25, 0.3) is 5.91 Å². The summed E-state index contributed by atoms with van der Waals surface area (Å²) in [7, 11) is 0. The highest BCUT2D eigenvalue weighted by molar-refractivity contribution is 6.04. The predicted octanol–water partition coefficient (Wildman–Crippen LogP) is 5.07. The smallest absolute Gasteiger partial charge is 0.429 e. The molecule has 1 heterocycles. The van der Waals surface area contributed by atoms with Gasteiger partial charge in [0.05, 0.1) is 17.3 Å². The minimum absolute atomic E-state index is 0.00280. The number of hydrogen-bond acceptors (Lipinski definition) is 5. The fourth-order valence-electron chi connectivity index (χ4n) is 2.42. The van der Waals surface area contributed by atoms with Crippen molar-refractivity contribution in [2.24, 2.45) is 0 Å². The first-order valence-corrected chi connectivity index (χ1v) is 8.63. The van der Waals surface area contributed by atoms with Gasteiger partial charge in [-0.25, -0.2) is 4.79 Å². The molecule has 0 saturated heterocycles. The van der Waals surface area contributed by atoms with Crippen LogP contribution in [0.3, 0.4) is 0 Å². The van der Waals surface area contributed by atoms with E-state index in [0.29, 0.717) is 0 Å². The quantitative estimate of drug-likeness (QED) is 0.588. The first-order valence-electron chi connectivity index (χ1n) is 8.63. The van der Waals surface area contributed by atoms with Crippen LogP contribution in [0.5, 0.6) is 5.75 Å². The second-order valence-electron chi connectivity index (χ2n) is 6.07. The molecule has 0 spiro atoms. The van der Waals surface area contributed by atoms with Crippen LogP contribution in [0.1, 0.15) is 21.5 Å². The van der Waals surface area contributed by atoms with Crippen LogP contribution in [0.15, 0.2) is 73.1 Å². The van der Waals surface area contributed by atoms with E-state index in [0.717, 1.165) is 17.7 Å². The van der Waals surface area contributed by atoms with Gasteiger partial charge in [-0.15, -0.1) is 0 Å². The van der Waals surface area contributed by atoms with E-state index >= 15 is 0 Å². The molecule has 9 heteroatoms. The molecule has 0 aliphatic carbocycles. The molecule has 0 bridgehead atoms. The molecule has 0 radical (unpaired) electrons. The van der Waals surface area contributed by atoms with E-state index in [-0.39, 0.29) is 23.6 Å². The average molecular weight is 416 g/mol. The molecule has 2 aromatic carbocycles. The normalized spacial score (nSPS) is 10.9. The Kier molecular flexibility index (Phi) is 6.31. The van der Waals surface area contributed by atoms with Gasteiger partial charge in [-0.2, -0.15) is 13.2 Å². The monoisotopic (exact) mass is 416 g/mol. The van der Waals surface area contributed by atoms with Gasteiger partial charge in [0.15, 0.2) is 5.75 Å². The van der Waals surface area contributed by atoms with Crippen molar-refractivity contribution in [2.75, 3.05) is 5.32 Å². The molecular formula is C21H15F3N2O4. The molecule has 3 rings (SSSR count). The number of amides is 1. The molecule has 3 aromatic rings. The van der Waals surface area contributed by atoms with Gasteiger partial charge in [-0.05, 0) is 29.8 Å². The number of benzene rings is 2. The maximum absolute atomic E-state index is 12.8. The van der Waals surface area contributed by atoms with Gasteiger partial charge in [0.1, 0.15) is 6.61 Å². The Hall–Kier alpha value is -3.88. The maximum Gasteiger partial charge on any atom is 0.514 e. The number of rotatable bonds is 5. The zero-order valence-electron chi connectivity index (χ0n) is 15.3. The minimum atomic E-state index is -4.53. The van der Waals surface area contributed by atoms with Gasteiger partial charge >= 0.3 is 12.3 Å². The van der Waals surface area contributed by atoms with Gasteiger partial charge in [0.2, 0.25) is 0 Å². The lowest BCUT2D eigenvalue weighted by Gasteiger charge is -2.10. The molecule has 0 fully saturated rings. The number of ether oxygens (including phenoxy) is 2. The van der Waals surface area contributed by atoms with Crippen LogP contribution < -0.4 is 10.1 Å². The molecule has 30 heavy (non-hydrogen) atoms. The largest absolute Gasteiger partial charge is 0.514 e. The molecule has 0 aliphatic heterocycles. The fraction of sp³-hybridized carbons (Fsp3) is 0.0952. The summed E-state index contributed by atoms with van der Waals surface area (Å²) >= 11 is 0. The number of carbonyl (C=O) groups excluding carboxylic acids is 2. The summed E-state index contributed by atoms with van der Waals surface area (Å²) in [6.45, 7) is 0.00280. The first kappa shape index (κ1) is 20.8. The molecule has 0 saturated carbocycles. The molecule has 0 aliphatic rings. The van der Waals surface area contributed by atoms with Crippen molar-refractivity contribution in [3.8, 4) is 5.75 Å². The summed E-state index contributed by atoms with van der Waals surface area (Å²) in [5.74, 6) is -0.769. The van der Waals surface area contributed by atoms with Crippen LogP contribution >= 0.6 is 0 Å². The highest BCUT2D eigenvalue weighted by Crippen LogP contribution is 2.30. The lowest BCUT2D eigenvalue weighted by Crippen LogP contribution is -2.15. The Morgan fingerprint density at radius 2 is 1.73 bits per heavy atom. The Labute approximate surface area is 169 Å². The lowest BCUT2D eigenvalue weighted by molar-refractivity contribution is -0.137. The van der Waals surface area contributed by atoms with E-state index in [9.17, 15) is 22.8 Å². The number of aromatic nitrogens is 1. The molecule has 1 amide bonds. The Balaban J connectivity index is 1.62. The Morgan fingerprint density at radius 1 is 0.967 bits per heavy atom. The van der Waals surface area contributed by atoms with E-state index < -0.39 is 23.8 Å². The van der Waals surface area contributed by atoms with E-state index in [1.54, 1.807) is 24.3 Å². The molecule has 1 aromatic heterocycles. The fourth-order valence-corrected chi connectivity index (χ4v) is 2.42. The van der Waals surface area contributed by atoms with Gasteiger partial charge in [-0.3, -0.25) is 9.78 Å². The van der Waals surface area contributed by atoms with Crippen LogP contribution in [0.2, 0.25) is 0 Å². The number of carbonyl (C=O) groups is 2. The number of halogens is 3. The lowest BCUT2D eigenvalue weighted by atomic mass is 10.2. The van der Waals surface area contributed by atoms with Crippen molar-refractivity contribution in [1.82, 2.24) is 4.98 Å². The number of hydrogen-bond donors (Lipinski definition) is 1. The zero-order valence-corrected chi connectivity index (χ0v) is 15.3. The average Bonchev–Trinajstić information content (AvgIpc) is 2.73. The van der Waals surface area contributed by atoms with Crippen LogP contribution in [0, 0.1) is 0 Å². The van der Waals surface area contributed by atoms with Crippen LogP contribution in [0.4, 0.5) is 23.7 Å². The second-order valence-corrected chi connectivity index (χ2v) is 6.07. The standard InChI is InChI=1S/C21H15F3N2O4/c22-21(23,24)16-7-4-8-17(10-16)26-19(27)15-9-18(12-25-11-15)30-20(28)29-13-14-5-2-1-3-6-14/h1-12H,13H2,(H,26,27). The van der Waals surface area contributed by atoms with Gasteiger partial charge < -0.3 is 14.8 Å². The molecule has 154 valence electrons. The summed E-state index contributed by atoms with van der Waals surface area (Å²) in [5.41, 5.74) is -0.178. The van der Waals surface area contributed by atoms with Crippen LogP contribution in [-0.2, 0) is 17.5 Å². The predicted molar refractivity (Wildman–Crippen MR) is 101 cm³/mol. The molecule has 1 N–H and O–H groups in total. The van der Waals surface area contributed by atoms with Crippen molar-refractivity contribution >= 4 is 17.7 Å². The van der Waals surface area contributed by atoms with Crippen molar-refractivity contribution in [3.05, 3.63) is 89.7 Å². The minimum Gasteiger partial charge on any atom is -0.429 e. The number of nitrogens with one attached hydrogen (secondary N) is 1. The number of nitrogens with zero attached hydrogens (tertiary/aromatic N) is 1. The second kappa shape index (κ2) is 9.08. The van der Waals surface area contributed by atoms with E-state index in [2.05, 4.69) is 10.3 Å². The third-order valence-electron chi connectivity index (χ3n) is 3.82. The summed E-state index contributed by atoms with van der Waals surface area (Å²) in [6, 6.07) is 14.4. The summed E-state index contributed by atoms with van der Waals surface area (Å²) < 4.78 is 48.3. The number of pyridine rings is 1. The summed E-state index contributed by atoms with van der Waals surface area (Å²) in [4.78, 5) is 27.9. The van der Waals surface area contributed by atoms with Gasteiger partial charge in [-0.1, -0.05) is 36.4 Å². The van der Waals surface area contributed by atoms with E-state index in [1.807, 2.05) is 6.07 Å². The number of alkyl halides is 3. The molecule has 6 nitrogen and oxygen atoms in total. The molecule has 0 atom stereocenters. The highest BCUT2D eigenvalue weighted by atomic mass is 19.4. The van der Waals surface area contributed by atoms with Crippen LogP contribution in [-0.4, -0.2) is 17.0 Å². The van der Waals surface area contributed by atoms with Crippen molar-refractivity contribution in [1.29, 1.82) is 0 Å². The van der Waals surface area contributed by atoms with Crippen molar-refractivity contribution in [2.45, 2.75) is 12.8 Å². The third-order valence-corrected chi connectivity index (χ3v) is 3.82. The van der Waals surface area contributed by atoms with E-state index in [1.165, 1.54) is 30.6 Å². The zero-order chi connectivity index (χ0) is 21.6. The molecular weight excluding hydrogens is 401 g/mol.